The maximum Gasteiger partial charge on any atom is 0.490 e. The zero-order chi connectivity index (χ0) is 50.5. The minimum atomic E-state index is -5.78. The topological polar surface area (TPSA) is 460 Å². The molecule has 31 nitrogen and oxygen atoms in total. The number of phosphoric acid groups is 3. The van der Waals surface area contributed by atoms with Crippen molar-refractivity contribution in [2.75, 3.05) is 23.8 Å². The van der Waals surface area contributed by atoms with Crippen LogP contribution in [0.1, 0.15) is 49.5 Å². The molecule has 11 N–H and O–H groups in total. The number of nitro benzene ring substituents is 2. The van der Waals surface area contributed by atoms with Crippen LogP contribution in [0, 0.1) is 20.2 Å². The van der Waals surface area contributed by atoms with E-state index in [2.05, 4.69) is 33.7 Å². The molecule has 4 aromatic rings. The third-order valence-corrected chi connectivity index (χ3v) is 13.6. The van der Waals surface area contributed by atoms with Crippen LogP contribution in [0.4, 0.5) is 23.0 Å². The SMILES string of the molecule is C[C@@H](Nc1ccn([C@@H]2O[C@H](CO)C(O)[C@@H]2O)c(=O)n1)c1ccccc1[N+](=O)[O-].C[C@@H](Nc1ccn([C@@H]2O[C@H](COP(=O)(O)OP(=O)(O)OP(=O)(O)O)C(O)[C@@H]2O)c(=O)n1)c1ccccc1[N+](=O)[O-]. The maximum absolute atomic E-state index is 12.6. The molecule has 68 heavy (non-hydrogen) atoms. The summed E-state index contributed by atoms with van der Waals surface area (Å²) in [4.78, 5) is 89.8. The number of ether oxygens (including phenoxy) is 2. The first kappa shape index (κ1) is 53.7. The number of nitrogens with one attached hydrogen (secondary N) is 2. The smallest absolute Gasteiger partial charge is 0.394 e. The molecule has 2 aliphatic heterocycles. The van der Waals surface area contributed by atoms with Gasteiger partial charge in [0.25, 0.3) is 11.4 Å². The molecule has 0 spiro atoms. The maximum atomic E-state index is 12.6. The van der Waals surface area contributed by atoms with Crippen LogP contribution in [0.15, 0.2) is 82.6 Å². The summed E-state index contributed by atoms with van der Waals surface area (Å²) < 4.78 is 57.9. The number of aliphatic hydroxyl groups excluding tert-OH is 5. The van der Waals surface area contributed by atoms with Crippen LogP contribution in [0.2, 0.25) is 0 Å². The third-order valence-electron chi connectivity index (χ3n) is 9.81. The first-order chi connectivity index (χ1) is 31.7. The molecule has 2 fully saturated rings. The van der Waals surface area contributed by atoms with Gasteiger partial charge in [0.1, 0.15) is 48.3 Å². The summed E-state index contributed by atoms with van der Waals surface area (Å²) in [5, 5.41) is 77.8. The van der Waals surface area contributed by atoms with Crippen LogP contribution < -0.4 is 22.0 Å². The van der Waals surface area contributed by atoms with Gasteiger partial charge in [-0.2, -0.15) is 18.6 Å². The number of rotatable bonds is 18. The van der Waals surface area contributed by atoms with Crippen molar-refractivity contribution in [1.82, 2.24) is 19.1 Å². The van der Waals surface area contributed by atoms with Crippen molar-refractivity contribution in [1.29, 1.82) is 0 Å². The lowest BCUT2D eigenvalue weighted by molar-refractivity contribution is -0.385. The minimum Gasteiger partial charge on any atom is -0.394 e. The molecular formula is C34H43N8O23P3. The Hall–Kier alpha value is -5.27. The number of hydrogen-bond donors (Lipinski definition) is 11. The second-order valence-electron chi connectivity index (χ2n) is 14.5. The first-order valence-electron chi connectivity index (χ1n) is 19.3. The van der Waals surface area contributed by atoms with Crippen LogP contribution >= 0.6 is 23.5 Å². The molecule has 0 bridgehead atoms. The molecule has 2 aliphatic rings. The van der Waals surface area contributed by atoms with Crippen molar-refractivity contribution in [3.05, 3.63) is 125 Å². The van der Waals surface area contributed by atoms with Gasteiger partial charge in [0.05, 0.1) is 46.3 Å². The van der Waals surface area contributed by atoms with E-state index in [1.165, 1.54) is 42.6 Å². The molecule has 0 saturated carbocycles. The fourth-order valence-corrected chi connectivity index (χ4v) is 9.72. The van der Waals surface area contributed by atoms with Gasteiger partial charge in [-0.1, -0.05) is 36.4 Å². The van der Waals surface area contributed by atoms with E-state index >= 15 is 0 Å². The van der Waals surface area contributed by atoms with Crippen molar-refractivity contribution >= 4 is 46.5 Å². The lowest BCUT2D eigenvalue weighted by Gasteiger charge is -2.19. The van der Waals surface area contributed by atoms with E-state index in [9.17, 15) is 73.7 Å². The Morgan fingerprint density at radius 1 is 0.676 bits per heavy atom. The second kappa shape index (κ2) is 22.0. The monoisotopic (exact) mass is 1020 g/mol. The lowest BCUT2D eigenvalue weighted by Crippen LogP contribution is -2.36. The highest BCUT2D eigenvalue weighted by atomic mass is 31.3. The Labute approximate surface area is 380 Å². The zero-order valence-electron chi connectivity index (χ0n) is 34.9. The molecule has 372 valence electrons. The number of phosphoric ester groups is 1. The van der Waals surface area contributed by atoms with Gasteiger partial charge < -0.3 is 65.2 Å². The molecule has 12 atom stereocenters. The molecule has 4 unspecified atom stereocenters. The quantitative estimate of drug-likeness (QED) is 0.0361. The summed E-state index contributed by atoms with van der Waals surface area (Å²) in [7, 11) is -16.9. The summed E-state index contributed by atoms with van der Waals surface area (Å²) in [5.41, 5.74) is -1.21. The number of anilines is 2. The molecule has 0 radical (unpaired) electrons. The summed E-state index contributed by atoms with van der Waals surface area (Å²) in [6, 6.07) is 13.7. The standard InChI is InChI=1S/C17H23N4O16P3.C17H20N4O7/c1-9(10-4-2-3-5-11(10)21(25)26)18-13-6-7-20(17(24)19-13)16-15(23)14(22)12(35-16)8-34-39(30,31)37-40(32,33)36-38(27,28)29;1-9(10-4-2-3-5-11(10)21(26)27)18-13-6-7-20(17(25)19-13)16-15(24)14(23)12(8-22)28-16/h2-7,9,12,14-16,22-23H,8H2,1H3,(H,30,31)(H,32,33)(H,18,19,24)(H2,27,28,29);2-7,9,12,14-16,22-24H,8H2,1H3,(H,18,19,25)/t2*9-,12-,14?,15+,16-/m11/s1. The lowest BCUT2D eigenvalue weighted by atomic mass is 10.1. The zero-order valence-corrected chi connectivity index (χ0v) is 37.6. The summed E-state index contributed by atoms with van der Waals surface area (Å²) in [5.74, 6) is 0.183. The molecule has 2 aromatic carbocycles. The van der Waals surface area contributed by atoms with Crippen LogP contribution in [0.5, 0.6) is 0 Å². The number of hydrogen-bond acceptors (Lipinski definition) is 23. The Kier molecular flexibility index (Phi) is 17.4. The normalized spacial score (nSPS) is 25.2. The average Bonchev–Trinajstić information content (AvgIpc) is 3.70. The van der Waals surface area contributed by atoms with E-state index in [4.69, 9.17) is 24.4 Å². The molecule has 2 aromatic heterocycles. The summed E-state index contributed by atoms with van der Waals surface area (Å²) in [6.07, 6.45) is -9.34. The number of nitro groups is 2. The van der Waals surface area contributed by atoms with Gasteiger partial charge in [0.15, 0.2) is 12.5 Å². The molecule has 2 saturated heterocycles. The van der Waals surface area contributed by atoms with Crippen molar-refractivity contribution < 1.29 is 91.3 Å². The molecule has 6 rings (SSSR count). The van der Waals surface area contributed by atoms with E-state index in [0.717, 1.165) is 15.3 Å². The Balaban J connectivity index is 0.000000270. The largest absolute Gasteiger partial charge is 0.490 e. The number of nitrogens with zero attached hydrogens (tertiary/aromatic N) is 6. The molecular weight excluding hydrogens is 981 g/mol. The van der Waals surface area contributed by atoms with Gasteiger partial charge in [-0.15, -0.1) is 0 Å². The van der Waals surface area contributed by atoms with Crippen LogP contribution in [0.3, 0.4) is 0 Å². The highest BCUT2D eigenvalue weighted by Crippen LogP contribution is 2.66. The fourth-order valence-electron chi connectivity index (χ4n) is 6.69. The number of aliphatic hydroxyl groups is 5. The Morgan fingerprint density at radius 3 is 1.47 bits per heavy atom. The molecule has 34 heteroatoms. The fraction of sp³-hybridized carbons (Fsp3) is 0.412. The van der Waals surface area contributed by atoms with Gasteiger partial charge >= 0.3 is 34.8 Å². The van der Waals surface area contributed by atoms with Crippen molar-refractivity contribution in [2.45, 2.75) is 75.0 Å². The summed E-state index contributed by atoms with van der Waals surface area (Å²) in [6.45, 7) is 1.71. The van der Waals surface area contributed by atoms with Gasteiger partial charge in [0.2, 0.25) is 0 Å². The van der Waals surface area contributed by atoms with E-state index in [-0.39, 0.29) is 23.0 Å². The van der Waals surface area contributed by atoms with Crippen molar-refractivity contribution in [2.24, 2.45) is 0 Å². The van der Waals surface area contributed by atoms with Gasteiger partial charge in [-0.05, 0) is 26.0 Å². The second-order valence-corrected chi connectivity index (χ2v) is 19.0. The van der Waals surface area contributed by atoms with Gasteiger partial charge in [-0.3, -0.25) is 33.9 Å². The number of aromatic nitrogens is 4. The van der Waals surface area contributed by atoms with Crippen molar-refractivity contribution in [3.8, 4) is 0 Å². The predicted molar refractivity (Wildman–Crippen MR) is 226 cm³/mol. The Morgan fingerprint density at radius 2 is 1.09 bits per heavy atom. The van der Waals surface area contributed by atoms with Crippen LogP contribution in [-0.2, 0) is 36.3 Å². The third kappa shape index (κ3) is 13.5. The molecule has 4 heterocycles. The minimum absolute atomic E-state index is 0.00384. The highest BCUT2D eigenvalue weighted by Gasteiger charge is 2.47. The van der Waals surface area contributed by atoms with Crippen LogP contribution in [-0.4, -0.2) is 124 Å². The predicted octanol–water partition coefficient (Wildman–Crippen LogP) is 0.223. The van der Waals surface area contributed by atoms with Crippen LogP contribution in [0.25, 0.3) is 0 Å². The average molecular weight is 1020 g/mol. The van der Waals surface area contributed by atoms with E-state index in [0.29, 0.717) is 11.1 Å². The summed E-state index contributed by atoms with van der Waals surface area (Å²) >= 11 is 0. The van der Waals surface area contributed by atoms with Gasteiger partial charge in [0, 0.05) is 24.5 Å². The first-order valence-corrected chi connectivity index (χ1v) is 23.8. The molecule has 0 amide bonds. The van der Waals surface area contributed by atoms with E-state index in [1.807, 2.05) is 0 Å². The number of para-hydroxylation sites is 2. The van der Waals surface area contributed by atoms with Crippen molar-refractivity contribution in [3.63, 3.8) is 0 Å². The number of benzene rings is 2. The highest BCUT2D eigenvalue weighted by molar-refractivity contribution is 7.66. The van der Waals surface area contributed by atoms with E-state index < -0.39 is 119 Å². The van der Waals surface area contributed by atoms with E-state index in [1.54, 1.807) is 38.1 Å². The molecule has 0 aliphatic carbocycles. The van der Waals surface area contributed by atoms with Gasteiger partial charge in [-0.25, -0.2) is 23.3 Å². The Bertz CT molecular complexity index is 2730.